The first kappa shape index (κ1) is 17.0. The molecule has 0 saturated carbocycles. The molecular formula is C18H21INO2+. The Hall–Kier alpha value is -1.40. The van der Waals surface area contributed by atoms with E-state index in [4.69, 9.17) is 4.74 Å². The summed E-state index contributed by atoms with van der Waals surface area (Å²) >= 11 is 2.16. The lowest BCUT2D eigenvalue weighted by Gasteiger charge is -2.19. The van der Waals surface area contributed by atoms with Crippen LogP contribution in [0.4, 0.5) is 0 Å². The van der Waals surface area contributed by atoms with Gasteiger partial charge in [-0.15, -0.1) is 0 Å². The van der Waals surface area contributed by atoms with Crippen molar-refractivity contribution >= 4 is 28.6 Å². The quantitative estimate of drug-likeness (QED) is 0.586. The third kappa shape index (κ3) is 5.10. The number of esters is 1. The number of carbonyl (C=O) groups is 1. The van der Waals surface area contributed by atoms with Crippen LogP contribution in [0, 0.1) is 3.57 Å². The van der Waals surface area contributed by atoms with E-state index in [-0.39, 0.29) is 12.1 Å². The number of quaternary nitrogens is 1. The van der Waals surface area contributed by atoms with E-state index in [1.807, 2.05) is 43.3 Å². The predicted molar refractivity (Wildman–Crippen MR) is 95.9 cm³/mol. The fraction of sp³-hybridized carbons (Fsp3) is 0.278. The molecule has 116 valence electrons. The van der Waals surface area contributed by atoms with Crippen LogP contribution in [0.25, 0.3) is 0 Å². The number of nitrogens with one attached hydrogen (secondary N) is 1. The molecule has 0 aromatic heterocycles. The number of rotatable bonds is 6. The zero-order valence-corrected chi connectivity index (χ0v) is 15.0. The van der Waals surface area contributed by atoms with Crippen LogP contribution in [-0.2, 0) is 11.3 Å². The topological polar surface area (TPSA) is 30.7 Å². The summed E-state index contributed by atoms with van der Waals surface area (Å²) in [7, 11) is 2.11. The largest absolute Gasteiger partial charge is 0.453 e. The number of hydrogen-bond donors (Lipinski definition) is 1. The van der Waals surface area contributed by atoms with Crippen molar-refractivity contribution in [3.05, 3.63) is 69.3 Å². The molecule has 0 spiro atoms. The lowest BCUT2D eigenvalue weighted by atomic mass is 10.2. The van der Waals surface area contributed by atoms with Gasteiger partial charge in [0.2, 0.25) is 0 Å². The maximum atomic E-state index is 12.2. The van der Waals surface area contributed by atoms with Gasteiger partial charge in [-0.2, -0.15) is 0 Å². The van der Waals surface area contributed by atoms with Gasteiger partial charge in [0.25, 0.3) is 0 Å². The van der Waals surface area contributed by atoms with Gasteiger partial charge in [0.05, 0.1) is 12.6 Å². The fourth-order valence-electron chi connectivity index (χ4n) is 2.42. The Balaban J connectivity index is 1.86. The van der Waals surface area contributed by atoms with E-state index in [0.29, 0.717) is 5.56 Å². The van der Waals surface area contributed by atoms with Crippen LogP contribution in [0.2, 0.25) is 0 Å². The summed E-state index contributed by atoms with van der Waals surface area (Å²) < 4.78 is 6.48. The minimum absolute atomic E-state index is 0.118. The molecule has 2 aromatic rings. The normalized spacial score (nSPS) is 13.4. The first-order valence-electron chi connectivity index (χ1n) is 7.37. The van der Waals surface area contributed by atoms with Gasteiger partial charge < -0.3 is 9.64 Å². The third-order valence-corrected chi connectivity index (χ3v) is 4.33. The second-order valence-electron chi connectivity index (χ2n) is 5.52. The minimum Gasteiger partial charge on any atom is -0.453 e. The molecular weight excluding hydrogens is 389 g/mol. The van der Waals surface area contributed by atoms with Gasteiger partial charge in [-0.25, -0.2) is 4.79 Å². The van der Waals surface area contributed by atoms with Gasteiger partial charge in [0.15, 0.2) is 0 Å². The highest BCUT2D eigenvalue weighted by Crippen LogP contribution is 2.13. The Kier molecular flexibility index (Phi) is 6.39. The zero-order valence-electron chi connectivity index (χ0n) is 12.9. The summed E-state index contributed by atoms with van der Waals surface area (Å²) in [5, 5.41) is 0. The summed E-state index contributed by atoms with van der Waals surface area (Å²) in [5.74, 6) is -0.245. The Morgan fingerprint density at radius 2 is 1.77 bits per heavy atom. The average Bonchev–Trinajstić information content (AvgIpc) is 2.48. The molecule has 0 saturated heterocycles. The molecule has 0 aliphatic carbocycles. The number of benzene rings is 2. The molecule has 0 fully saturated rings. The van der Waals surface area contributed by atoms with E-state index in [0.717, 1.165) is 16.7 Å². The van der Waals surface area contributed by atoms with Gasteiger partial charge in [0, 0.05) is 9.13 Å². The van der Waals surface area contributed by atoms with Crippen molar-refractivity contribution in [1.82, 2.24) is 0 Å². The van der Waals surface area contributed by atoms with Crippen LogP contribution in [0.15, 0.2) is 54.6 Å². The van der Waals surface area contributed by atoms with Gasteiger partial charge in [-0.05, 0) is 41.6 Å². The highest BCUT2D eigenvalue weighted by atomic mass is 127. The van der Waals surface area contributed by atoms with E-state index in [9.17, 15) is 4.79 Å². The summed E-state index contributed by atoms with van der Waals surface area (Å²) in [4.78, 5) is 13.5. The van der Waals surface area contributed by atoms with Crippen molar-refractivity contribution in [3.8, 4) is 0 Å². The van der Waals surface area contributed by atoms with E-state index in [1.54, 1.807) is 6.07 Å². The second kappa shape index (κ2) is 8.29. The van der Waals surface area contributed by atoms with Crippen LogP contribution in [0.1, 0.15) is 22.8 Å². The van der Waals surface area contributed by atoms with Crippen molar-refractivity contribution in [1.29, 1.82) is 0 Å². The Bertz CT molecular complexity index is 615. The monoisotopic (exact) mass is 410 g/mol. The first-order valence-corrected chi connectivity index (χ1v) is 8.45. The van der Waals surface area contributed by atoms with Crippen molar-refractivity contribution < 1.29 is 14.4 Å². The predicted octanol–water partition coefficient (Wildman–Crippen LogP) is 2.55. The van der Waals surface area contributed by atoms with E-state index in [1.165, 1.54) is 10.5 Å². The molecule has 0 aliphatic heterocycles. The molecule has 1 unspecified atom stereocenters. The maximum absolute atomic E-state index is 12.2. The van der Waals surface area contributed by atoms with Gasteiger partial charge in [-0.1, -0.05) is 42.5 Å². The van der Waals surface area contributed by atoms with E-state index < -0.39 is 0 Å². The first-order chi connectivity index (χ1) is 10.6. The summed E-state index contributed by atoms with van der Waals surface area (Å²) in [5.41, 5.74) is 1.92. The molecule has 1 N–H and O–H groups in total. The van der Waals surface area contributed by atoms with Gasteiger partial charge >= 0.3 is 5.97 Å². The SMILES string of the molecule is C[C@H](C[NH+](C)Cc1ccccc1)OC(=O)c1ccccc1I. The molecule has 0 amide bonds. The second-order valence-corrected chi connectivity index (χ2v) is 6.68. The van der Waals surface area contributed by atoms with Crippen molar-refractivity contribution in [2.45, 2.75) is 19.6 Å². The molecule has 3 nitrogen and oxygen atoms in total. The molecule has 4 heteroatoms. The van der Waals surface area contributed by atoms with Gasteiger partial charge in [0.1, 0.15) is 19.2 Å². The highest BCUT2D eigenvalue weighted by Gasteiger charge is 2.17. The lowest BCUT2D eigenvalue weighted by Crippen LogP contribution is -3.08. The molecule has 0 radical (unpaired) electrons. The summed E-state index contributed by atoms with van der Waals surface area (Å²) in [6, 6.07) is 17.8. The van der Waals surface area contributed by atoms with Gasteiger partial charge in [-0.3, -0.25) is 0 Å². The lowest BCUT2D eigenvalue weighted by molar-refractivity contribution is -0.896. The van der Waals surface area contributed by atoms with E-state index >= 15 is 0 Å². The Morgan fingerprint density at radius 1 is 1.14 bits per heavy atom. The molecule has 2 rings (SSSR count). The Labute approximate surface area is 145 Å². The summed E-state index contributed by atoms with van der Waals surface area (Å²) in [6.07, 6.45) is -0.118. The number of hydrogen-bond acceptors (Lipinski definition) is 2. The molecule has 22 heavy (non-hydrogen) atoms. The molecule has 0 heterocycles. The molecule has 2 atom stereocenters. The van der Waals surface area contributed by atoms with Crippen molar-refractivity contribution in [2.75, 3.05) is 13.6 Å². The van der Waals surface area contributed by atoms with Crippen LogP contribution < -0.4 is 4.90 Å². The molecule has 0 aliphatic rings. The standard InChI is InChI=1S/C18H20INO2/c1-14(12-20(2)13-15-8-4-3-5-9-15)22-18(21)16-10-6-7-11-17(16)19/h3-11,14H,12-13H2,1-2H3/p+1/t14-/m1/s1. The number of likely N-dealkylation sites (N-methyl/N-ethyl adjacent to an activating group) is 1. The van der Waals surface area contributed by atoms with Crippen molar-refractivity contribution in [3.63, 3.8) is 0 Å². The maximum Gasteiger partial charge on any atom is 0.339 e. The van der Waals surface area contributed by atoms with E-state index in [2.05, 4.69) is 41.8 Å². The summed E-state index contributed by atoms with van der Waals surface area (Å²) in [6.45, 7) is 3.65. The highest BCUT2D eigenvalue weighted by molar-refractivity contribution is 14.1. The van der Waals surface area contributed by atoms with Crippen LogP contribution in [0.5, 0.6) is 0 Å². The molecule has 2 aromatic carbocycles. The van der Waals surface area contributed by atoms with Crippen molar-refractivity contribution in [2.24, 2.45) is 0 Å². The Morgan fingerprint density at radius 3 is 2.45 bits per heavy atom. The van der Waals surface area contributed by atoms with Crippen LogP contribution in [-0.4, -0.2) is 25.7 Å². The molecule has 0 bridgehead atoms. The fourth-order valence-corrected chi connectivity index (χ4v) is 3.03. The number of ether oxygens (including phenoxy) is 1. The van der Waals surface area contributed by atoms with Crippen LogP contribution in [0.3, 0.4) is 0 Å². The smallest absolute Gasteiger partial charge is 0.339 e. The number of carbonyl (C=O) groups excluding carboxylic acids is 1. The third-order valence-electron chi connectivity index (χ3n) is 3.39. The van der Waals surface area contributed by atoms with Crippen LogP contribution >= 0.6 is 22.6 Å². The number of halogens is 1. The minimum atomic E-state index is -0.245. The average molecular weight is 410 g/mol. The zero-order chi connectivity index (χ0) is 15.9.